The van der Waals surface area contributed by atoms with Gasteiger partial charge in [-0.1, -0.05) is 13.8 Å². The Morgan fingerprint density at radius 2 is 2.00 bits per heavy atom. The maximum absolute atomic E-state index is 4.07. The summed E-state index contributed by atoms with van der Waals surface area (Å²) in [6, 6.07) is 0.974. The molecule has 0 amide bonds. The minimum atomic E-state index is 0.421. The molecule has 0 aliphatic carbocycles. The van der Waals surface area contributed by atoms with E-state index in [1.165, 1.54) is 4.88 Å². The molecule has 1 aromatic heterocycles. The second kappa shape index (κ2) is 4.72. The van der Waals surface area contributed by atoms with E-state index in [0.29, 0.717) is 18.0 Å². The Labute approximate surface area is 84.4 Å². The molecule has 0 spiro atoms. The highest BCUT2D eigenvalue weighted by Crippen LogP contribution is 2.17. The highest BCUT2D eigenvalue weighted by Gasteiger charge is 2.12. The van der Waals surface area contributed by atoms with E-state index < -0.39 is 0 Å². The van der Waals surface area contributed by atoms with Crippen molar-refractivity contribution < 1.29 is 0 Å². The minimum absolute atomic E-state index is 0.421. The number of hydrogen-bond acceptors (Lipinski definition) is 3. The molecule has 2 unspecified atom stereocenters. The molecule has 1 heterocycles. The van der Waals surface area contributed by atoms with Gasteiger partial charge in [0.25, 0.3) is 0 Å². The zero-order chi connectivity index (χ0) is 9.84. The Hall–Kier alpha value is -0.410. The minimum Gasteiger partial charge on any atom is -0.307 e. The first-order valence-corrected chi connectivity index (χ1v) is 5.63. The molecule has 0 aliphatic rings. The number of hydrogen-bond donors (Lipinski definition) is 1. The van der Waals surface area contributed by atoms with E-state index in [0.717, 1.165) is 0 Å². The maximum atomic E-state index is 4.07. The SMILES string of the molecule is CC(NC(C)C(C)C)c1cncs1. The van der Waals surface area contributed by atoms with Crippen molar-refractivity contribution in [2.45, 2.75) is 39.8 Å². The summed E-state index contributed by atoms with van der Waals surface area (Å²) in [7, 11) is 0. The Morgan fingerprint density at radius 3 is 2.46 bits per heavy atom. The second-order valence-corrected chi connectivity index (χ2v) is 4.74. The van der Waals surface area contributed by atoms with E-state index in [9.17, 15) is 0 Å². The molecule has 0 fully saturated rings. The van der Waals surface area contributed by atoms with Crippen molar-refractivity contribution in [2.75, 3.05) is 0 Å². The summed E-state index contributed by atoms with van der Waals surface area (Å²) < 4.78 is 0. The molecule has 1 rings (SSSR count). The van der Waals surface area contributed by atoms with E-state index in [1.807, 2.05) is 11.7 Å². The summed E-state index contributed by atoms with van der Waals surface area (Å²) in [5, 5.41) is 3.55. The molecule has 13 heavy (non-hydrogen) atoms. The van der Waals surface area contributed by atoms with E-state index in [1.54, 1.807) is 11.3 Å². The zero-order valence-electron chi connectivity index (χ0n) is 8.74. The lowest BCUT2D eigenvalue weighted by molar-refractivity contribution is 0.391. The van der Waals surface area contributed by atoms with Gasteiger partial charge in [0.15, 0.2) is 0 Å². The van der Waals surface area contributed by atoms with Crippen LogP contribution in [-0.4, -0.2) is 11.0 Å². The molecule has 0 saturated carbocycles. The number of nitrogens with zero attached hydrogens (tertiary/aromatic N) is 1. The van der Waals surface area contributed by atoms with E-state index in [4.69, 9.17) is 0 Å². The van der Waals surface area contributed by atoms with E-state index >= 15 is 0 Å². The van der Waals surface area contributed by atoms with Gasteiger partial charge in [0.05, 0.1) is 5.51 Å². The van der Waals surface area contributed by atoms with Gasteiger partial charge in [0.1, 0.15) is 0 Å². The van der Waals surface area contributed by atoms with Gasteiger partial charge in [-0.05, 0) is 19.8 Å². The largest absolute Gasteiger partial charge is 0.307 e. The summed E-state index contributed by atoms with van der Waals surface area (Å²) in [6.07, 6.45) is 1.94. The molecule has 0 radical (unpaired) electrons. The van der Waals surface area contributed by atoms with Crippen LogP contribution in [-0.2, 0) is 0 Å². The number of thiazole rings is 1. The number of aromatic nitrogens is 1. The highest BCUT2D eigenvalue weighted by atomic mass is 32.1. The van der Waals surface area contributed by atoms with Crippen molar-refractivity contribution in [1.29, 1.82) is 0 Å². The lowest BCUT2D eigenvalue weighted by Crippen LogP contribution is -2.32. The van der Waals surface area contributed by atoms with E-state index in [-0.39, 0.29) is 0 Å². The third-order valence-electron chi connectivity index (χ3n) is 2.39. The van der Waals surface area contributed by atoms with Crippen molar-refractivity contribution in [3.05, 3.63) is 16.6 Å². The van der Waals surface area contributed by atoms with Crippen LogP contribution >= 0.6 is 11.3 Å². The van der Waals surface area contributed by atoms with Crippen molar-refractivity contribution in [3.8, 4) is 0 Å². The fourth-order valence-electron chi connectivity index (χ4n) is 1.11. The first-order chi connectivity index (χ1) is 6.11. The average molecular weight is 198 g/mol. The van der Waals surface area contributed by atoms with Crippen molar-refractivity contribution in [3.63, 3.8) is 0 Å². The molecule has 0 bridgehead atoms. The molecular formula is C10H18N2S. The van der Waals surface area contributed by atoms with Crippen LogP contribution in [0.2, 0.25) is 0 Å². The fourth-order valence-corrected chi connectivity index (χ4v) is 1.75. The number of rotatable bonds is 4. The smallest absolute Gasteiger partial charge is 0.0794 e. The lowest BCUT2D eigenvalue weighted by Gasteiger charge is -2.21. The summed E-state index contributed by atoms with van der Waals surface area (Å²) in [5.41, 5.74) is 1.88. The highest BCUT2D eigenvalue weighted by molar-refractivity contribution is 7.09. The summed E-state index contributed by atoms with van der Waals surface area (Å²) in [5.74, 6) is 0.676. The molecule has 0 saturated heterocycles. The Morgan fingerprint density at radius 1 is 1.31 bits per heavy atom. The lowest BCUT2D eigenvalue weighted by atomic mass is 10.1. The molecule has 1 N–H and O–H groups in total. The van der Waals surface area contributed by atoms with Crippen LogP contribution < -0.4 is 5.32 Å². The standard InChI is InChI=1S/C10H18N2S/c1-7(2)8(3)12-9(4)10-5-11-6-13-10/h5-9,12H,1-4H3. The van der Waals surface area contributed by atoms with Crippen molar-refractivity contribution in [1.82, 2.24) is 10.3 Å². The van der Waals surface area contributed by atoms with Crippen LogP contribution in [0.3, 0.4) is 0 Å². The molecular weight excluding hydrogens is 180 g/mol. The number of nitrogens with one attached hydrogen (secondary N) is 1. The van der Waals surface area contributed by atoms with E-state index in [2.05, 4.69) is 38.0 Å². The molecule has 74 valence electrons. The quantitative estimate of drug-likeness (QED) is 0.804. The first kappa shape index (κ1) is 10.7. The van der Waals surface area contributed by atoms with Crippen LogP contribution in [0.1, 0.15) is 38.6 Å². The van der Waals surface area contributed by atoms with Gasteiger partial charge < -0.3 is 5.32 Å². The van der Waals surface area contributed by atoms with Gasteiger partial charge in [0, 0.05) is 23.2 Å². The van der Waals surface area contributed by atoms with Gasteiger partial charge >= 0.3 is 0 Å². The molecule has 0 aromatic carbocycles. The molecule has 2 atom stereocenters. The summed E-state index contributed by atoms with van der Waals surface area (Å²) >= 11 is 1.71. The molecule has 2 nitrogen and oxygen atoms in total. The van der Waals surface area contributed by atoms with Gasteiger partial charge in [-0.2, -0.15) is 0 Å². The monoisotopic (exact) mass is 198 g/mol. The predicted molar refractivity (Wildman–Crippen MR) is 58.0 cm³/mol. The molecule has 3 heteroatoms. The van der Waals surface area contributed by atoms with Gasteiger partial charge in [-0.25, -0.2) is 0 Å². The zero-order valence-corrected chi connectivity index (χ0v) is 9.56. The predicted octanol–water partition coefficient (Wildman–Crippen LogP) is 2.84. The van der Waals surface area contributed by atoms with Crippen molar-refractivity contribution >= 4 is 11.3 Å². The summed E-state index contributed by atoms with van der Waals surface area (Å²) in [4.78, 5) is 5.39. The van der Waals surface area contributed by atoms with Gasteiger partial charge in [0.2, 0.25) is 0 Å². The first-order valence-electron chi connectivity index (χ1n) is 4.75. The van der Waals surface area contributed by atoms with Gasteiger partial charge in [-0.15, -0.1) is 11.3 Å². The topological polar surface area (TPSA) is 24.9 Å². The van der Waals surface area contributed by atoms with Crippen LogP contribution in [0.15, 0.2) is 11.7 Å². The average Bonchev–Trinajstić information content (AvgIpc) is 2.55. The summed E-state index contributed by atoms with van der Waals surface area (Å²) in [6.45, 7) is 8.88. The Kier molecular flexibility index (Phi) is 3.88. The van der Waals surface area contributed by atoms with Gasteiger partial charge in [-0.3, -0.25) is 4.98 Å². The van der Waals surface area contributed by atoms with Crippen LogP contribution in [0.25, 0.3) is 0 Å². The van der Waals surface area contributed by atoms with Crippen LogP contribution in [0.5, 0.6) is 0 Å². The van der Waals surface area contributed by atoms with Crippen LogP contribution in [0.4, 0.5) is 0 Å². The fraction of sp³-hybridized carbons (Fsp3) is 0.700. The Balaban J connectivity index is 2.46. The second-order valence-electron chi connectivity index (χ2n) is 3.82. The third-order valence-corrected chi connectivity index (χ3v) is 3.35. The third kappa shape index (κ3) is 3.08. The maximum Gasteiger partial charge on any atom is 0.0794 e. The molecule has 1 aromatic rings. The molecule has 0 aliphatic heterocycles. The normalized spacial score (nSPS) is 16.1. The van der Waals surface area contributed by atoms with Crippen LogP contribution in [0, 0.1) is 5.92 Å². The Bertz CT molecular complexity index is 231. The van der Waals surface area contributed by atoms with Crippen molar-refractivity contribution in [2.24, 2.45) is 5.92 Å².